The highest BCUT2D eigenvalue weighted by molar-refractivity contribution is 5.83. The fourth-order valence-electron chi connectivity index (χ4n) is 2.53. The van der Waals surface area contributed by atoms with Gasteiger partial charge < -0.3 is 4.74 Å². The van der Waals surface area contributed by atoms with E-state index >= 15 is 0 Å². The zero-order valence-electron chi connectivity index (χ0n) is 16.1. The molecule has 0 saturated carbocycles. The van der Waals surface area contributed by atoms with Crippen molar-refractivity contribution in [1.29, 1.82) is 0 Å². The summed E-state index contributed by atoms with van der Waals surface area (Å²) in [5, 5.41) is 0. The van der Waals surface area contributed by atoms with Gasteiger partial charge in [-0.3, -0.25) is 0 Å². The number of ether oxygens (including phenoxy) is 1. The maximum absolute atomic E-state index is 11.5. The monoisotopic (exact) mass is 320 g/mol. The van der Waals surface area contributed by atoms with Crippen LogP contribution in [0.4, 0.5) is 0 Å². The Morgan fingerprint density at radius 2 is 1.65 bits per heavy atom. The summed E-state index contributed by atoms with van der Waals surface area (Å²) in [6, 6.07) is 0. The van der Waals surface area contributed by atoms with Crippen LogP contribution in [0.15, 0.2) is 34.9 Å². The lowest BCUT2D eigenvalue weighted by Gasteiger charge is -2.12. The summed E-state index contributed by atoms with van der Waals surface area (Å²) >= 11 is 0. The van der Waals surface area contributed by atoms with Crippen molar-refractivity contribution >= 4 is 5.97 Å². The summed E-state index contributed by atoms with van der Waals surface area (Å²) in [5.41, 5.74) is 3.74. The molecule has 0 aromatic heterocycles. The number of rotatable bonds is 11. The molecule has 0 fully saturated rings. The Hall–Kier alpha value is -1.31. The van der Waals surface area contributed by atoms with Crippen LogP contribution >= 0.6 is 0 Å². The van der Waals surface area contributed by atoms with Gasteiger partial charge in [-0.15, -0.1) is 0 Å². The van der Waals surface area contributed by atoms with E-state index in [9.17, 15) is 4.79 Å². The molecule has 1 unspecified atom stereocenters. The molecule has 0 amide bonds. The lowest BCUT2D eigenvalue weighted by molar-refractivity contribution is -0.137. The van der Waals surface area contributed by atoms with Crippen molar-refractivity contribution in [2.45, 2.75) is 80.1 Å². The van der Waals surface area contributed by atoms with Crippen LogP contribution in [-0.4, -0.2) is 12.6 Å². The van der Waals surface area contributed by atoms with Gasteiger partial charge in [-0.25, -0.2) is 4.79 Å². The predicted octanol–water partition coefficient (Wildman–Crippen LogP) is 6.39. The van der Waals surface area contributed by atoms with Gasteiger partial charge >= 0.3 is 5.97 Å². The highest BCUT2D eigenvalue weighted by Crippen LogP contribution is 2.20. The van der Waals surface area contributed by atoms with Crippen molar-refractivity contribution in [1.82, 2.24) is 0 Å². The minimum absolute atomic E-state index is 0.249. The summed E-state index contributed by atoms with van der Waals surface area (Å²) in [6.07, 6.45) is 13.3. The SMILES string of the molecule is CCOC(=O)C=C(C)C(C)=CCC(CC)CCC=C(CC)CC. The van der Waals surface area contributed by atoms with Gasteiger partial charge in [0.2, 0.25) is 0 Å². The van der Waals surface area contributed by atoms with Crippen molar-refractivity contribution in [3.05, 3.63) is 34.9 Å². The predicted molar refractivity (Wildman–Crippen MR) is 100 cm³/mol. The molecule has 2 nitrogen and oxygen atoms in total. The first-order valence-electron chi connectivity index (χ1n) is 9.18. The Bertz CT molecular complexity index is 421. The van der Waals surface area contributed by atoms with E-state index in [0.29, 0.717) is 12.5 Å². The molecular formula is C21H36O2. The topological polar surface area (TPSA) is 26.3 Å². The standard InChI is InChI=1S/C21H36O2/c1-7-19(8-2)12-11-13-20(9-3)15-14-17(5)18(6)16-21(22)23-10-4/h12,14,16,20H,7-11,13,15H2,1-6H3. The molecule has 0 aliphatic carbocycles. The van der Waals surface area contributed by atoms with E-state index in [-0.39, 0.29) is 5.97 Å². The molecule has 0 heterocycles. The van der Waals surface area contributed by atoms with Gasteiger partial charge in [-0.1, -0.05) is 50.5 Å². The second-order valence-corrected chi connectivity index (χ2v) is 6.12. The molecule has 2 heteroatoms. The second-order valence-electron chi connectivity index (χ2n) is 6.12. The maximum Gasteiger partial charge on any atom is 0.331 e. The smallest absolute Gasteiger partial charge is 0.331 e. The van der Waals surface area contributed by atoms with E-state index in [2.05, 4.69) is 39.8 Å². The number of carbonyl (C=O) groups excluding carboxylic acids is 1. The van der Waals surface area contributed by atoms with E-state index in [0.717, 1.165) is 12.0 Å². The molecule has 0 rings (SSSR count). The summed E-state index contributed by atoms with van der Waals surface area (Å²) in [5.74, 6) is 0.466. The summed E-state index contributed by atoms with van der Waals surface area (Å²) < 4.78 is 4.96. The first-order valence-corrected chi connectivity index (χ1v) is 9.18. The first kappa shape index (κ1) is 21.7. The number of carbonyl (C=O) groups is 1. The quantitative estimate of drug-likeness (QED) is 0.191. The van der Waals surface area contributed by atoms with Crippen molar-refractivity contribution < 1.29 is 9.53 Å². The molecule has 0 bridgehead atoms. The van der Waals surface area contributed by atoms with Crippen LogP contribution in [0.2, 0.25) is 0 Å². The number of allylic oxidation sites excluding steroid dienone is 5. The average Bonchev–Trinajstić information content (AvgIpc) is 2.54. The molecule has 0 aliphatic rings. The molecule has 0 aliphatic heterocycles. The summed E-state index contributed by atoms with van der Waals surface area (Å²) in [7, 11) is 0. The third kappa shape index (κ3) is 10.1. The minimum atomic E-state index is -0.249. The van der Waals surface area contributed by atoms with Crippen molar-refractivity contribution in [2.75, 3.05) is 6.61 Å². The fraction of sp³-hybridized carbons (Fsp3) is 0.667. The van der Waals surface area contributed by atoms with E-state index in [1.165, 1.54) is 37.7 Å². The Balaban J connectivity index is 4.51. The third-order valence-electron chi connectivity index (χ3n) is 4.49. The molecule has 132 valence electrons. The lowest BCUT2D eigenvalue weighted by Crippen LogP contribution is -2.01. The largest absolute Gasteiger partial charge is 0.463 e. The number of esters is 1. The molecule has 0 N–H and O–H groups in total. The van der Waals surface area contributed by atoms with Crippen molar-refractivity contribution in [3.63, 3.8) is 0 Å². The fourth-order valence-corrected chi connectivity index (χ4v) is 2.53. The third-order valence-corrected chi connectivity index (χ3v) is 4.49. The van der Waals surface area contributed by atoms with Gasteiger partial charge in [0.15, 0.2) is 0 Å². The maximum atomic E-state index is 11.5. The highest BCUT2D eigenvalue weighted by atomic mass is 16.5. The van der Waals surface area contributed by atoms with Crippen LogP contribution in [0.25, 0.3) is 0 Å². The number of hydrogen-bond acceptors (Lipinski definition) is 2. The zero-order chi connectivity index (χ0) is 17.7. The van der Waals surface area contributed by atoms with E-state index in [4.69, 9.17) is 4.74 Å². The van der Waals surface area contributed by atoms with Crippen LogP contribution in [0, 0.1) is 5.92 Å². The van der Waals surface area contributed by atoms with Crippen LogP contribution in [-0.2, 0) is 9.53 Å². The molecule has 0 saturated heterocycles. The average molecular weight is 321 g/mol. The normalized spacial score (nSPS) is 13.7. The molecule has 0 radical (unpaired) electrons. The first-order chi connectivity index (χ1) is 11.0. The number of hydrogen-bond donors (Lipinski definition) is 0. The van der Waals surface area contributed by atoms with Gasteiger partial charge in [0, 0.05) is 6.08 Å². The van der Waals surface area contributed by atoms with Crippen molar-refractivity contribution in [3.8, 4) is 0 Å². The summed E-state index contributed by atoms with van der Waals surface area (Å²) in [6.45, 7) is 13.0. The Labute approximate surface area is 143 Å². The van der Waals surface area contributed by atoms with Crippen LogP contribution in [0.3, 0.4) is 0 Å². The molecule has 23 heavy (non-hydrogen) atoms. The zero-order valence-corrected chi connectivity index (χ0v) is 16.1. The van der Waals surface area contributed by atoms with Gasteiger partial charge in [0.25, 0.3) is 0 Å². The van der Waals surface area contributed by atoms with E-state index in [1.807, 2.05) is 13.8 Å². The van der Waals surface area contributed by atoms with Gasteiger partial charge in [0.05, 0.1) is 6.61 Å². The van der Waals surface area contributed by atoms with Gasteiger partial charge in [0.1, 0.15) is 0 Å². The minimum Gasteiger partial charge on any atom is -0.463 e. The lowest BCUT2D eigenvalue weighted by atomic mass is 9.93. The van der Waals surface area contributed by atoms with Crippen LogP contribution < -0.4 is 0 Å². The molecular weight excluding hydrogens is 284 g/mol. The molecule has 0 aromatic rings. The van der Waals surface area contributed by atoms with Gasteiger partial charge in [-0.05, 0) is 64.4 Å². The second kappa shape index (κ2) is 13.2. The Morgan fingerprint density at radius 1 is 1.00 bits per heavy atom. The van der Waals surface area contributed by atoms with Crippen molar-refractivity contribution in [2.24, 2.45) is 5.92 Å². The molecule has 0 spiro atoms. The van der Waals surface area contributed by atoms with Gasteiger partial charge in [-0.2, -0.15) is 0 Å². The summed E-state index contributed by atoms with van der Waals surface area (Å²) in [4.78, 5) is 11.5. The molecule has 0 aromatic carbocycles. The van der Waals surface area contributed by atoms with E-state index in [1.54, 1.807) is 11.6 Å². The Morgan fingerprint density at radius 3 is 2.17 bits per heavy atom. The molecule has 1 atom stereocenters. The van der Waals surface area contributed by atoms with E-state index < -0.39 is 0 Å². The van der Waals surface area contributed by atoms with Crippen LogP contribution in [0.1, 0.15) is 80.1 Å². The van der Waals surface area contributed by atoms with Crippen LogP contribution in [0.5, 0.6) is 0 Å². The Kier molecular flexibility index (Phi) is 12.4. The highest BCUT2D eigenvalue weighted by Gasteiger charge is 2.05.